The fraction of sp³-hybridized carbons (Fsp3) is 0.154. The van der Waals surface area contributed by atoms with E-state index in [0.29, 0.717) is 10.9 Å². The normalized spacial score (nSPS) is 10.5. The van der Waals surface area contributed by atoms with Gasteiger partial charge in [0.1, 0.15) is 11.5 Å². The van der Waals surface area contributed by atoms with Crippen LogP contribution >= 0.6 is 11.3 Å². The molecule has 0 spiro atoms. The number of hydrogen-bond donors (Lipinski definition) is 2. The van der Waals surface area contributed by atoms with Crippen molar-refractivity contribution in [3.63, 3.8) is 0 Å². The Kier molecular flexibility index (Phi) is 3.53. The third-order valence-electron chi connectivity index (χ3n) is 2.71. The molecule has 0 atom stereocenters. The number of thiophene rings is 1. The van der Waals surface area contributed by atoms with Crippen molar-refractivity contribution < 1.29 is 13.6 Å². The Labute approximate surface area is 113 Å². The second-order valence-corrected chi connectivity index (χ2v) is 5.41. The van der Waals surface area contributed by atoms with E-state index >= 15 is 0 Å². The zero-order valence-corrected chi connectivity index (χ0v) is 11.2. The third kappa shape index (κ3) is 2.73. The van der Waals surface area contributed by atoms with Gasteiger partial charge in [0.05, 0.1) is 10.6 Å². The first kappa shape index (κ1) is 13.5. The van der Waals surface area contributed by atoms with Crippen LogP contribution in [0.2, 0.25) is 0 Å². The van der Waals surface area contributed by atoms with Crippen LogP contribution < -0.4 is 11.1 Å². The molecule has 0 unspecified atom stereocenters. The minimum atomic E-state index is -0.893. The molecular weight excluding hydrogens is 270 g/mol. The smallest absolute Gasteiger partial charge is 0.265 e. The van der Waals surface area contributed by atoms with Crippen LogP contribution in [0.15, 0.2) is 18.2 Å². The summed E-state index contributed by atoms with van der Waals surface area (Å²) in [4.78, 5) is 13.4. The first-order valence-electron chi connectivity index (χ1n) is 5.51. The number of benzene rings is 1. The van der Waals surface area contributed by atoms with Gasteiger partial charge >= 0.3 is 0 Å². The summed E-state index contributed by atoms with van der Waals surface area (Å²) < 4.78 is 26.4. The first-order valence-corrected chi connectivity index (χ1v) is 6.33. The van der Waals surface area contributed by atoms with Crippen molar-refractivity contribution in [3.8, 4) is 0 Å². The largest absolute Gasteiger partial charge is 0.397 e. The van der Waals surface area contributed by atoms with Crippen LogP contribution in [0.4, 0.5) is 20.2 Å². The number of carbonyl (C=O) groups excluding carboxylic acids is 1. The van der Waals surface area contributed by atoms with E-state index in [1.165, 1.54) is 11.3 Å². The maximum absolute atomic E-state index is 13.5. The number of aryl methyl sites for hydroxylation is 2. The number of nitrogen functional groups attached to an aromatic ring is 1. The topological polar surface area (TPSA) is 55.1 Å². The predicted octanol–water partition coefficient (Wildman–Crippen LogP) is 3.48. The van der Waals surface area contributed by atoms with Gasteiger partial charge in [-0.2, -0.15) is 0 Å². The van der Waals surface area contributed by atoms with Crippen LogP contribution in [0.25, 0.3) is 0 Å². The van der Waals surface area contributed by atoms with Gasteiger partial charge in [0.2, 0.25) is 0 Å². The Morgan fingerprint density at radius 3 is 2.47 bits per heavy atom. The number of rotatable bonds is 2. The Balaban J connectivity index is 2.29. The van der Waals surface area contributed by atoms with Crippen molar-refractivity contribution in [2.45, 2.75) is 13.8 Å². The molecule has 0 aliphatic carbocycles. The molecule has 19 heavy (non-hydrogen) atoms. The van der Waals surface area contributed by atoms with Gasteiger partial charge in [0.25, 0.3) is 5.91 Å². The highest BCUT2D eigenvalue weighted by molar-refractivity contribution is 7.14. The molecule has 1 heterocycles. The van der Waals surface area contributed by atoms with Crippen LogP contribution in [0.3, 0.4) is 0 Å². The molecule has 0 aliphatic rings. The lowest BCUT2D eigenvalue weighted by Crippen LogP contribution is -2.13. The summed E-state index contributed by atoms with van der Waals surface area (Å²) in [5, 5.41) is 2.37. The molecule has 100 valence electrons. The standard InChI is InChI=1S/C13H12F2N2OS/c1-6-3-11(19-7(6)2)13(18)17-12-9(15)4-8(14)5-10(12)16/h3-5H,16H2,1-2H3,(H,17,18). The highest BCUT2D eigenvalue weighted by Crippen LogP contribution is 2.26. The van der Waals surface area contributed by atoms with Gasteiger partial charge in [-0.3, -0.25) is 4.79 Å². The molecular formula is C13H12F2N2OS. The molecule has 1 aromatic heterocycles. The number of nitrogens with one attached hydrogen (secondary N) is 1. The van der Waals surface area contributed by atoms with E-state index in [1.54, 1.807) is 6.07 Å². The lowest BCUT2D eigenvalue weighted by Gasteiger charge is -2.08. The molecule has 1 aromatic carbocycles. The van der Waals surface area contributed by atoms with Crippen molar-refractivity contribution in [2.75, 3.05) is 11.1 Å². The second kappa shape index (κ2) is 4.97. The minimum absolute atomic E-state index is 0.143. The molecule has 6 heteroatoms. The van der Waals surface area contributed by atoms with E-state index < -0.39 is 17.5 Å². The Morgan fingerprint density at radius 2 is 1.95 bits per heavy atom. The number of carbonyl (C=O) groups is 1. The molecule has 0 bridgehead atoms. The lowest BCUT2D eigenvalue weighted by atomic mass is 10.2. The van der Waals surface area contributed by atoms with E-state index in [2.05, 4.69) is 5.32 Å². The summed E-state index contributed by atoms with van der Waals surface area (Å²) >= 11 is 1.31. The molecule has 3 N–H and O–H groups in total. The summed E-state index contributed by atoms with van der Waals surface area (Å²) in [7, 11) is 0. The van der Waals surface area contributed by atoms with Gasteiger partial charge in [-0.15, -0.1) is 11.3 Å². The number of anilines is 2. The number of halogens is 2. The lowest BCUT2D eigenvalue weighted by molar-refractivity contribution is 0.103. The summed E-state index contributed by atoms with van der Waals surface area (Å²) in [5.41, 5.74) is 6.14. The zero-order chi connectivity index (χ0) is 14.2. The fourth-order valence-electron chi connectivity index (χ4n) is 1.59. The summed E-state index contributed by atoms with van der Waals surface area (Å²) in [6, 6.07) is 3.35. The van der Waals surface area contributed by atoms with Crippen molar-refractivity contribution in [2.24, 2.45) is 0 Å². The van der Waals surface area contributed by atoms with Crippen LogP contribution in [0.1, 0.15) is 20.1 Å². The molecule has 2 aromatic rings. The monoisotopic (exact) mass is 282 g/mol. The van der Waals surface area contributed by atoms with Crippen molar-refractivity contribution in [3.05, 3.63) is 45.2 Å². The quantitative estimate of drug-likeness (QED) is 0.829. The van der Waals surface area contributed by atoms with E-state index in [9.17, 15) is 13.6 Å². The Morgan fingerprint density at radius 1 is 1.26 bits per heavy atom. The van der Waals surface area contributed by atoms with Gasteiger partial charge < -0.3 is 11.1 Å². The highest BCUT2D eigenvalue weighted by Gasteiger charge is 2.15. The van der Waals surface area contributed by atoms with Crippen LogP contribution in [0, 0.1) is 25.5 Å². The van der Waals surface area contributed by atoms with Crippen molar-refractivity contribution in [1.82, 2.24) is 0 Å². The van der Waals surface area contributed by atoms with Gasteiger partial charge in [-0.25, -0.2) is 8.78 Å². The van der Waals surface area contributed by atoms with Gasteiger partial charge in [0, 0.05) is 10.9 Å². The molecule has 3 nitrogen and oxygen atoms in total. The van der Waals surface area contributed by atoms with E-state index in [-0.39, 0.29) is 11.4 Å². The highest BCUT2D eigenvalue weighted by atomic mass is 32.1. The number of nitrogens with two attached hydrogens (primary N) is 1. The zero-order valence-electron chi connectivity index (χ0n) is 10.4. The van der Waals surface area contributed by atoms with Gasteiger partial charge in [-0.1, -0.05) is 0 Å². The minimum Gasteiger partial charge on any atom is -0.397 e. The first-order chi connectivity index (χ1) is 8.88. The van der Waals surface area contributed by atoms with E-state index in [1.807, 2.05) is 13.8 Å². The average molecular weight is 282 g/mol. The second-order valence-electron chi connectivity index (χ2n) is 4.16. The van der Waals surface area contributed by atoms with E-state index in [0.717, 1.165) is 16.5 Å². The molecule has 2 rings (SSSR count). The van der Waals surface area contributed by atoms with Crippen LogP contribution in [-0.2, 0) is 0 Å². The summed E-state index contributed by atoms with van der Waals surface area (Å²) in [6.45, 7) is 3.78. The predicted molar refractivity (Wildman–Crippen MR) is 72.5 cm³/mol. The molecule has 0 saturated heterocycles. The third-order valence-corrected chi connectivity index (χ3v) is 3.87. The molecule has 1 amide bonds. The van der Waals surface area contributed by atoms with Gasteiger partial charge in [-0.05, 0) is 31.5 Å². The van der Waals surface area contributed by atoms with E-state index in [4.69, 9.17) is 5.73 Å². The van der Waals surface area contributed by atoms with Crippen molar-refractivity contribution in [1.29, 1.82) is 0 Å². The van der Waals surface area contributed by atoms with Crippen molar-refractivity contribution >= 4 is 28.6 Å². The maximum atomic E-state index is 13.5. The molecule has 0 aliphatic heterocycles. The fourth-order valence-corrected chi connectivity index (χ4v) is 2.51. The SMILES string of the molecule is Cc1cc(C(=O)Nc2c(N)cc(F)cc2F)sc1C. The Bertz CT molecular complexity index is 610. The van der Waals surface area contributed by atoms with Crippen LogP contribution in [-0.4, -0.2) is 5.91 Å². The number of amides is 1. The molecule has 0 radical (unpaired) electrons. The molecule has 0 saturated carbocycles. The molecule has 0 fully saturated rings. The van der Waals surface area contributed by atoms with Crippen LogP contribution in [0.5, 0.6) is 0 Å². The average Bonchev–Trinajstić information content (AvgIpc) is 2.64. The van der Waals surface area contributed by atoms with Gasteiger partial charge in [0.15, 0.2) is 5.82 Å². The number of hydrogen-bond acceptors (Lipinski definition) is 3. The summed E-state index contributed by atoms with van der Waals surface area (Å²) in [6.07, 6.45) is 0. The maximum Gasteiger partial charge on any atom is 0.265 e. The Hall–Kier alpha value is -1.95. The summed E-state index contributed by atoms with van der Waals surface area (Å²) in [5.74, 6) is -2.13.